The maximum atomic E-state index is 12.3. The Morgan fingerprint density at radius 3 is 2.80 bits per heavy atom. The highest BCUT2D eigenvalue weighted by Crippen LogP contribution is 2.23. The van der Waals surface area contributed by atoms with Crippen molar-refractivity contribution in [3.05, 3.63) is 46.3 Å². The zero-order valence-electron chi connectivity index (χ0n) is 11.9. The molecule has 0 radical (unpaired) electrons. The lowest BCUT2D eigenvalue weighted by atomic mass is 9.96. The summed E-state index contributed by atoms with van der Waals surface area (Å²) in [4.78, 5) is 12.3. The van der Waals surface area contributed by atoms with Gasteiger partial charge in [-0.25, -0.2) is 0 Å². The summed E-state index contributed by atoms with van der Waals surface area (Å²) in [6.07, 6.45) is 4.25. The van der Waals surface area contributed by atoms with Gasteiger partial charge in [0.05, 0.1) is 0 Å². The molecular weight excluding hydrogens is 250 g/mol. The van der Waals surface area contributed by atoms with Crippen LogP contribution in [0.3, 0.4) is 0 Å². The van der Waals surface area contributed by atoms with Crippen LogP contribution in [0, 0.1) is 13.8 Å². The number of aromatic amines is 1. The van der Waals surface area contributed by atoms with Crippen molar-refractivity contribution in [3.8, 4) is 0 Å². The second-order valence-corrected chi connectivity index (χ2v) is 5.49. The van der Waals surface area contributed by atoms with E-state index in [9.17, 15) is 4.79 Å². The number of fused-ring (bicyclic) bond motifs is 1. The van der Waals surface area contributed by atoms with E-state index >= 15 is 0 Å². The maximum Gasteiger partial charge on any atom is 0.276 e. The minimum atomic E-state index is -0.118. The van der Waals surface area contributed by atoms with Crippen molar-refractivity contribution in [1.82, 2.24) is 10.2 Å². The lowest BCUT2D eigenvalue weighted by Gasteiger charge is -2.11. The lowest BCUT2D eigenvalue weighted by molar-refractivity contribution is 0.102. The molecule has 0 spiro atoms. The summed E-state index contributed by atoms with van der Waals surface area (Å²) in [6, 6.07) is 5.94. The van der Waals surface area contributed by atoms with E-state index in [1.807, 2.05) is 25.1 Å². The number of H-pyrrole nitrogens is 1. The van der Waals surface area contributed by atoms with Crippen molar-refractivity contribution in [2.24, 2.45) is 0 Å². The quantitative estimate of drug-likeness (QED) is 0.879. The fourth-order valence-corrected chi connectivity index (χ4v) is 2.68. The number of aryl methyl sites for hydroxylation is 3. The Labute approximate surface area is 118 Å². The zero-order valence-corrected chi connectivity index (χ0v) is 11.9. The summed E-state index contributed by atoms with van der Waals surface area (Å²) in [5, 5.41) is 10.1. The van der Waals surface area contributed by atoms with E-state index in [2.05, 4.69) is 22.4 Å². The van der Waals surface area contributed by atoms with E-state index in [-0.39, 0.29) is 5.91 Å². The molecule has 0 atom stereocenters. The molecule has 4 nitrogen and oxygen atoms in total. The molecule has 1 aliphatic rings. The Hall–Kier alpha value is -2.10. The number of benzene rings is 1. The largest absolute Gasteiger partial charge is 0.321 e. The molecule has 1 heterocycles. The highest BCUT2D eigenvalue weighted by atomic mass is 16.1. The normalized spacial score (nSPS) is 13.9. The first-order chi connectivity index (χ1) is 9.65. The van der Waals surface area contributed by atoms with Crippen LogP contribution in [0.25, 0.3) is 0 Å². The highest BCUT2D eigenvalue weighted by Gasteiger charge is 2.21. The Bertz CT molecular complexity index is 658. The molecule has 20 heavy (non-hydrogen) atoms. The predicted octanol–water partition coefficient (Wildman–Crippen LogP) is 3.16. The highest BCUT2D eigenvalue weighted by molar-refractivity contribution is 6.04. The molecule has 1 aromatic heterocycles. The van der Waals surface area contributed by atoms with Gasteiger partial charge in [-0.2, -0.15) is 5.10 Å². The average Bonchev–Trinajstić information content (AvgIpc) is 2.87. The number of carbonyl (C=O) groups excluding carboxylic acids is 1. The number of rotatable bonds is 2. The Morgan fingerprint density at radius 2 is 2.00 bits per heavy atom. The van der Waals surface area contributed by atoms with Crippen LogP contribution in [0.15, 0.2) is 18.2 Å². The Morgan fingerprint density at radius 1 is 1.20 bits per heavy atom. The predicted molar refractivity (Wildman–Crippen MR) is 79.1 cm³/mol. The van der Waals surface area contributed by atoms with Gasteiger partial charge in [0, 0.05) is 16.9 Å². The summed E-state index contributed by atoms with van der Waals surface area (Å²) in [6.45, 7) is 4.10. The molecule has 1 amide bonds. The maximum absolute atomic E-state index is 12.3. The van der Waals surface area contributed by atoms with E-state index in [0.717, 1.165) is 36.2 Å². The molecule has 1 aliphatic carbocycles. The van der Waals surface area contributed by atoms with Gasteiger partial charge in [0.25, 0.3) is 5.91 Å². The molecule has 0 bridgehead atoms. The van der Waals surface area contributed by atoms with Gasteiger partial charge in [0.1, 0.15) is 0 Å². The monoisotopic (exact) mass is 269 g/mol. The van der Waals surface area contributed by atoms with Crippen molar-refractivity contribution in [2.75, 3.05) is 5.32 Å². The third-order valence-electron chi connectivity index (χ3n) is 4.04. The molecule has 0 aliphatic heterocycles. The standard InChI is InChI=1S/C16H19N3O/c1-10-7-8-12(9-11(10)2)17-16(20)15-13-5-3-4-6-14(13)18-19-15/h7-9H,3-6H2,1-2H3,(H,17,20)(H,18,19). The third kappa shape index (κ3) is 2.33. The first-order valence-electron chi connectivity index (χ1n) is 7.10. The summed E-state index contributed by atoms with van der Waals surface area (Å²) >= 11 is 0. The Balaban J connectivity index is 1.82. The molecule has 2 aromatic rings. The minimum absolute atomic E-state index is 0.118. The second-order valence-electron chi connectivity index (χ2n) is 5.49. The second kappa shape index (κ2) is 5.12. The first kappa shape index (κ1) is 12.9. The molecule has 0 unspecified atom stereocenters. The number of carbonyl (C=O) groups is 1. The van der Waals surface area contributed by atoms with Crippen molar-refractivity contribution < 1.29 is 4.79 Å². The van der Waals surface area contributed by atoms with Gasteiger partial charge in [-0.15, -0.1) is 0 Å². The minimum Gasteiger partial charge on any atom is -0.321 e. The molecule has 0 saturated heterocycles. The van der Waals surface area contributed by atoms with E-state index in [1.54, 1.807) is 0 Å². The van der Waals surface area contributed by atoms with Gasteiger partial charge in [-0.05, 0) is 62.8 Å². The fraction of sp³-hybridized carbons (Fsp3) is 0.375. The van der Waals surface area contributed by atoms with Crippen LogP contribution < -0.4 is 5.32 Å². The van der Waals surface area contributed by atoms with Crippen molar-refractivity contribution >= 4 is 11.6 Å². The van der Waals surface area contributed by atoms with Crippen LogP contribution in [0.4, 0.5) is 5.69 Å². The van der Waals surface area contributed by atoms with Gasteiger partial charge in [0.15, 0.2) is 5.69 Å². The van der Waals surface area contributed by atoms with Crippen molar-refractivity contribution in [1.29, 1.82) is 0 Å². The van der Waals surface area contributed by atoms with E-state index < -0.39 is 0 Å². The van der Waals surface area contributed by atoms with E-state index in [1.165, 1.54) is 17.5 Å². The SMILES string of the molecule is Cc1ccc(NC(=O)c2n[nH]c3c2CCCC3)cc1C. The number of aromatic nitrogens is 2. The van der Waals surface area contributed by atoms with Crippen LogP contribution in [-0.2, 0) is 12.8 Å². The summed E-state index contributed by atoms with van der Waals surface area (Å²) < 4.78 is 0. The molecular formula is C16H19N3O. The molecule has 0 saturated carbocycles. The van der Waals surface area contributed by atoms with Crippen molar-refractivity contribution in [3.63, 3.8) is 0 Å². The van der Waals surface area contributed by atoms with Crippen LogP contribution in [0.5, 0.6) is 0 Å². The fourth-order valence-electron chi connectivity index (χ4n) is 2.68. The number of nitrogens with one attached hydrogen (secondary N) is 2. The number of amides is 1. The van der Waals surface area contributed by atoms with Gasteiger partial charge in [-0.3, -0.25) is 9.89 Å². The van der Waals surface area contributed by atoms with Crippen LogP contribution in [-0.4, -0.2) is 16.1 Å². The van der Waals surface area contributed by atoms with Gasteiger partial charge in [0.2, 0.25) is 0 Å². The summed E-state index contributed by atoms with van der Waals surface area (Å²) in [5.41, 5.74) is 6.00. The van der Waals surface area contributed by atoms with Gasteiger partial charge < -0.3 is 5.32 Å². The molecule has 104 valence electrons. The topological polar surface area (TPSA) is 57.8 Å². The molecule has 4 heteroatoms. The van der Waals surface area contributed by atoms with Crippen LogP contribution >= 0.6 is 0 Å². The number of nitrogens with zero attached hydrogens (tertiary/aromatic N) is 1. The van der Waals surface area contributed by atoms with Gasteiger partial charge >= 0.3 is 0 Å². The van der Waals surface area contributed by atoms with Crippen LogP contribution in [0.2, 0.25) is 0 Å². The van der Waals surface area contributed by atoms with E-state index in [0.29, 0.717) is 5.69 Å². The third-order valence-corrected chi connectivity index (χ3v) is 4.04. The summed E-state index contributed by atoms with van der Waals surface area (Å²) in [7, 11) is 0. The lowest BCUT2D eigenvalue weighted by Crippen LogP contribution is -2.15. The van der Waals surface area contributed by atoms with Gasteiger partial charge in [-0.1, -0.05) is 6.07 Å². The van der Waals surface area contributed by atoms with E-state index in [4.69, 9.17) is 0 Å². The van der Waals surface area contributed by atoms with Crippen molar-refractivity contribution in [2.45, 2.75) is 39.5 Å². The molecule has 2 N–H and O–H groups in total. The first-order valence-corrected chi connectivity index (χ1v) is 7.10. The summed E-state index contributed by atoms with van der Waals surface area (Å²) in [5.74, 6) is -0.118. The molecule has 1 aromatic carbocycles. The number of hydrogen-bond donors (Lipinski definition) is 2. The average molecular weight is 269 g/mol. The Kier molecular flexibility index (Phi) is 3.30. The zero-order chi connectivity index (χ0) is 14.1. The number of hydrogen-bond acceptors (Lipinski definition) is 2. The van der Waals surface area contributed by atoms with Crippen LogP contribution in [0.1, 0.15) is 45.7 Å². The smallest absolute Gasteiger partial charge is 0.276 e. The number of anilines is 1. The molecule has 0 fully saturated rings. The molecule has 3 rings (SSSR count).